The summed E-state index contributed by atoms with van der Waals surface area (Å²) in [6, 6.07) is 3.95. The Labute approximate surface area is 109 Å². The zero-order valence-electron chi connectivity index (χ0n) is 10.4. The molecular weight excluding hydrogens is 246 g/mol. The van der Waals surface area contributed by atoms with Gasteiger partial charge in [-0.05, 0) is 24.1 Å². The van der Waals surface area contributed by atoms with Crippen LogP contribution in [0.15, 0.2) is 24.5 Å². The second-order valence-electron chi connectivity index (χ2n) is 4.21. The molecule has 19 heavy (non-hydrogen) atoms. The Morgan fingerprint density at radius 2 is 2.26 bits per heavy atom. The number of rotatable bonds is 2. The summed E-state index contributed by atoms with van der Waals surface area (Å²) in [6.45, 7) is 0.784. The fourth-order valence-corrected chi connectivity index (χ4v) is 2.18. The highest BCUT2D eigenvalue weighted by atomic mass is 16.5. The molecule has 98 valence electrons. The zero-order valence-corrected chi connectivity index (χ0v) is 10.4. The molecule has 1 unspecified atom stereocenters. The number of nitrogens with one attached hydrogen (secondary N) is 1. The number of hydrogen-bond donors (Lipinski definition) is 1. The number of fused-ring (bicyclic) bond motifs is 1. The van der Waals surface area contributed by atoms with Gasteiger partial charge in [-0.15, -0.1) is 5.10 Å². The first-order valence-electron chi connectivity index (χ1n) is 5.98. The Morgan fingerprint density at radius 3 is 3.00 bits per heavy atom. The molecule has 0 aromatic carbocycles. The standard InChI is InChI=1S/C12H13N5O2/c1-19-11(18)10-15-12-14-7-4-9(17(12)16-10)8-2-5-13-6-3-8/h2-3,5-6,9H,4,7H2,1H3,(H,14,15,16). The number of carbonyl (C=O) groups excluding carboxylic acids is 1. The largest absolute Gasteiger partial charge is 0.463 e. The van der Waals surface area contributed by atoms with Crippen LogP contribution in [0.2, 0.25) is 0 Å². The Morgan fingerprint density at radius 1 is 1.47 bits per heavy atom. The van der Waals surface area contributed by atoms with Crippen LogP contribution in [0.3, 0.4) is 0 Å². The van der Waals surface area contributed by atoms with Crippen LogP contribution in [0.5, 0.6) is 0 Å². The maximum atomic E-state index is 11.5. The quantitative estimate of drug-likeness (QED) is 0.806. The summed E-state index contributed by atoms with van der Waals surface area (Å²) in [5.74, 6) is 0.136. The average molecular weight is 259 g/mol. The van der Waals surface area contributed by atoms with Gasteiger partial charge in [-0.1, -0.05) is 0 Å². The second-order valence-corrected chi connectivity index (χ2v) is 4.21. The summed E-state index contributed by atoms with van der Waals surface area (Å²) in [5.41, 5.74) is 1.10. The lowest BCUT2D eigenvalue weighted by molar-refractivity contribution is 0.0586. The van der Waals surface area contributed by atoms with Crippen molar-refractivity contribution in [2.45, 2.75) is 12.5 Å². The van der Waals surface area contributed by atoms with E-state index in [1.54, 1.807) is 17.1 Å². The van der Waals surface area contributed by atoms with Gasteiger partial charge in [0, 0.05) is 18.9 Å². The normalized spacial score (nSPS) is 17.4. The molecule has 0 radical (unpaired) electrons. The van der Waals surface area contributed by atoms with E-state index in [1.165, 1.54) is 7.11 Å². The number of ether oxygens (including phenoxy) is 1. The SMILES string of the molecule is COC(=O)c1nc2n(n1)C(c1ccncc1)CCN2. The van der Waals surface area contributed by atoms with E-state index >= 15 is 0 Å². The van der Waals surface area contributed by atoms with Crippen LogP contribution in [-0.4, -0.2) is 39.4 Å². The number of anilines is 1. The summed E-state index contributed by atoms with van der Waals surface area (Å²) >= 11 is 0. The van der Waals surface area contributed by atoms with Crippen LogP contribution in [0.4, 0.5) is 5.95 Å². The molecule has 3 rings (SSSR count). The second kappa shape index (κ2) is 4.68. The third-order valence-electron chi connectivity index (χ3n) is 3.09. The lowest BCUT2D eigenvalue weighted by Crippen LogP contribution is -2.24. The van der Waals surface area contributed by atoms with Gasteiger partial charge in [-0.25, -0.2) is 9.48 Å². The number of nitrogens with zero attached hydrogens (tertiary/aromatic N) is 4. The van der Waals surface area contributed by atoms with Gasteiger partial charge < -0.3 is 10.1 Å². The maximum absolute atomic E-state index is 11.5. The molecule has 3 heterocycles. The van der Waals surface area contributed by atoms with Gasteiger partial charge >= 0.3 is 5.97 Å². The van der Waals surface area contributed by atoms with E-state index in [9.17, 15) is 4.79 Å². The fourth-order valence-electron chi connectivity index (χ4n) is 2.18. The molecule has 1 atom stereocenters. The summed E-state index contributed by atoms with van der Waals surface area (Å²) in [4.78, 5) is 19.6. The summed E-state index contributed by atoms with van der Waals surface area (Å²) < 4.78 is 6.37. The van der Waals surface area contributed by atoms with Gasteiger partial charge in [0.1, 0.15) is 0 Å². The molecule has 1 N–H and O–H groups in total. The van der Waals surface area contributed by atoms with Crippen LogP contribution in [0.1, 0.15) is 28.6 Å². The molecule has 0 amide bonds. The van der Waals surface area contributed by atoms with Crippen molar-refractivity contribution in [3.8, 4) is 0 Å². The smallest absolute Gasteiger partial charge is 0.378 e. The monoisotopic (exact) mass is 259 g/mol. The van der Waals surface area contributed by atoms with Gasteiger partial charge in [-0.2, -0.15) is 4.98 Å². The van der Waals surface area contributed by atoms with Crippen molar-refractivity contribution < 1.29 is 9.53 Å². The van der Waals surface area contributed by atoms with E-state index in [0.717, 1.165) is 18.5 Å². The van der Waals surface area contributed by atoms with Gasteiger partial charge in [0.15, 0.2) is 0 Å². The minimum Gasteiger partial charge on any atom is -0.463 e. The van der Waals surface area contributed by atoms with Gasteiger partial charge in [0.25, 0.3) is 5.82 Å². The van der Waals surface area contributed by atoms with E-state index in [2.05, 4.69) is 25.1 Å². The van der Waals surface area contributed by atoms with Crippen molar-refractivity contribution in [2.75, 3.05) is 19.0 Å². The topological polar surface area (TPSA) is 81.9 Å². The van der Waals surface area contributed by atoms with Crippen LogP contribution in [0.25, 0.3) is 0 Å². The highest BCUT2D eigenvalue weighted by Crippen LogP contribution is 2.27. The third-order valence-corrected chi connectivity index (χ3v) is 3.09. The first-order valence-corrected chi connectivity index (χ1v) is 5.98. The van der Waals surface area contributed by atoms with Crippen LogP contribution < -0.4 is 5.32 Å². The predicted molar refractivity (Wildman–Crippen MR) is 66.8 cm³/mol. The van der Waals surface area contributed by atoms with E-state index in [1.807, 2.05) is 12.1 Å². The molecule has 0 saturated heterocycles. The lowest BCUT2D eigenvalue weighted by atomic mass is 10.0. The van der Waals surface area contributed by atoms with Crippen molar-refractivity contribution in [1.82, 2.24) is 19.7 Å². The molecule has 0 bridgehead atoms. The average Bonchev–Trinajstić information content (AvgIpc) is 2.91. The van der Waals surface area contributed by atoms with E-state index in [-0.39, 0.29) is 11.9 Å². The van der Waals surface area contributed by atoms with E-state index in [4.69, 9.17) is 0 Å². The number of esters is 1. The molecule has 2 aromatic heterocycles. The Balaban J connectivity index is 2.00. The first kappa shape index (κ1) is 11.6. The summed E-state index contributed by atoms with van der Waals surface area (Å²) in [6.07, 6.45) is 4.37. The number of carbonyl (C=O) groups is 1. The van der Waals surface area contributed by atoms with Crippen molar-refractivity contribution in [2.24, 2.45) is 0 Å². The number of methoxy groups -OCH3 is 1. The van der Waals surface area contributed by atoms with Gasteiger partial charge in [0.05, 0.1) is 13.2 Å². The van der Waals surface area contributed by atoms with Crippen molar-refractivity contribution in [1.29, 1.82) is 0 Å². The molecule has 7 heteroatoms. The summed E-state index contributed by atoms with van der Waals surface area (Å²) in [5, 5.41) is 7.36. The highest BCUT2D eigenvalue weighted by molar-refractivity contribution is 5.85. The molecular formula is C12H13N5O2. The Kier molecular flexibility index (Phi) is 2.86. The number of aromatic nitrogens is 4. The molecule has 7 nitrogen and oxygen atoms in total. The van der Waals surface area contributed by atoms with Gasteiger partial charge in [-0.3, -0.25) is 4.98 Å². The van der Waals surface area contributed by atoms with Crippen LogP contribution in [-0.2, 0) is 4.74 Å². The van der Waals surface area contributed by atoms with Crippen molar-refractivity contribution in [3.63, 3.8) is 0 Å². The highest BCUT2D eigenvalue weighted by Gasteiger charge is 2.26. The van der Waals surface area contributed by atoms with E-state index < -0.39 is 5.97 Å². The van der Waals surface area contributed by atoms with Crippen LogP contribution in [0, 0.1) is 0 Å². The van der Waals surface area contributed by atoms with Gasteiger partial charge in [0.2, 0.25) is 5.95 Å². The molecule has 0 aliphatic carbocycles. The number of pyridine rings is 1. The molecule has 1 aliphatic rings. The molecule has 1 aliphatic heterocycles. The molecule has 0 saturated carbocycles. The minimum atomic E-state index is -0.530. The minimum absolute atomic E-state index is 0.0603. The van der Waals surface area contributed by atoms with E-state index in [0.29, 0.717) is 5.95 Å². The fraction of sp³-hybridized carbons (Fsp3) is 0.333. The third kappa shape index (κ3) is 2.03. The number of hydrogen-bond acceptors (Lipinski definition) is 6. The first-order chi connectivity index (χ1) is 9.29. The molecule has 0 fully saturated rings. The lowest BCUT2D eigenvalue weighted by Gasteiger charge is -2.24. The zero-order chi connectivity index (χ0) is 13.2. The maximum Gasteiger partial charge on any atom is 0.378 e. The van der Waals surface area contributed by atoms with Crippen LogP contribution >= 0.6 is 0 Å². The van der Waals surface area contributed by atoms with Crippen molar-refractivity contribution in [3.05, 3.63) is 35.9 Å². The Bertz CT molecular complexity index is 595. The Hall–Kier alpha value is -2.44. The van der Waals surface area contributed by atoms with Crippen molar-refractivity contribution >= 4 is 11.9 Å². The molecule has 0 spiro atoms. The predicted octanol–water partition coefficient (Wildman–Crippen LogP) is 0.865. The summed E-state index contributed by atoms with van der Waals surface area (Å²) in [7, 11) is 1.32. The molecule has 2 aromatic rings.